The molecule has 2 aliphatic heterocycles. The third-order valence-corrected chi connectivity index (χ3v) is 4.78. The second-order valence-electron chi connectivity index (χ2n) is 6.52. The van der Waals surface area contributed by atoms with E-state index >= 15 is 0 Å². The highest BCUT2D eigenvalue weighted by molar-refractivity contribution is 6.23. The summed E-state index contributed by atoms with van der Waals surface area (Å²) in [5.41, 5.74) is 0.405. The molecule has 3 aliphatic rings. The summed E-state index contributed by atoms with van der Waals surface area (Å²) in [6, 6.07) is 3.62. The molecule has 0 spiro atoms. The van der Waals surface area contributed by atoms with Crippen LogP contribution < -0.4 is 10.1 Å². The number of piperidine rings is 1. The number of fused-ring (bicyclic) bond motifs is 1. The molecule has 1 unspecified atom stereocenters. The zero-order valence-corrected chi connectivity index (χ0v) is 13.2. The number of carbonyl (C=O) groups is 4. The number of nitrogens with zero attached hydrogens (tertiary/aromatic N) is 1. The quantitative estimate of drug-likeness (QED) is 0.746. The molecule has 1 aromatic carbocycles. The first-order chi connectivity index (χ1) is 11.9. The molecule has 1 saturated heterocycles. The summed E-state index contributed by atoms with van der Waals surface area (Å²) in [5, 5.41) is 11.5. The maximum absolute atomic E-state index is 12.7. The van der Waals surface area contributed by atoms with Crippen LogP contribution in [0.1, 0.15) is 46.4 Å². The minimum Gasteiger partial charge on any atom is -0.490 e. The van der Waals surface area contributed by atoms with Crippen molar-refractivity contribution in [1.29, 1.82) is 0 Å². The number of imide groups is 2. The Morgan fingerprint density at radius 3 is 2.48 bits per heavy atom. The van der Waals surface area contributed by atoms with E-state index in [9.17, 15) is 24.3 Å². The number of aliphatic hydroxyl groups is 1. The fourth-order valence-electron chi connectivity index (χ4n) is 3.35. The average molecular weight is 344 g/mol. The van der Waals surface area contributed by atoms with E-state index in [1.54, 1.807) is 6.07 Å². The maximum Gasteiger partial charge on any atom is 0.262 e. The normalized spacial score (nSPS) is 28.5. The van der Waals surface area contributed by atoms with Crippen LogP contribution in [-0.4, -0.2) is 51.9 Å². The van der Waals surface area contributed by atoms with Crippen LogP contribution in [0, 0.1) is 0 Å². The van der Waals surface area contributed by atoms with Gasteiger partial charge in [0.15, 0.2) is 0 Å². The van der Waals surface area contributed by atoms with E-state index in [1.807, 2.05) is 0 Å². The highest BCUT2D eigenvalue weighted by Gasteiger charge is 2.44. The Bertz CT molecular complexity index is 798. The Kier molecular flexibility index (Phi) is 3.57. The first-order valence-corrected chi connectivity index (χ1v) is 8.14. The molecule has 25 heavy (non-hydrogen) atoms. The van der Waals surface area contributed by atoms with Gasteiger partial charge in [-0.1, -0.05) is 0 Å². The van der Waals surface area contributed by atoms with Gasteiger partial charge in [-0.2, -0.15) is 0 Å². The first-order valence-electron chi connectivity index (χ1n) is 8.14. The van der Waals surface area contributed by atoms with Gasteiger partial charge in [0.1, 0.15) is 17.9 Å². The molecule has 4 amide bonds. The van der Waals surface area contributed by atoms with Crippen molar-refractivity contribution in [3.8, 4) is 5.75 Å². The summed E-state index contributed by atoms with van der Waals surface area (Å²) < 4.78 is 5.68. The topological polar surface area (TPSA) is 113 Å². The lowest BCUT2D eigenvalue weighted by Gasteiger charge is -2.31. The van der Waals surface area contributed by atoms with Gasteiger partial charge in [0.2, 0.25) is 11.8 Å². The number of nitrogens with one attached hydrogen (secondary N) is 1. The highest BCUT2D eigenvalue weighted by Crippen LogP contribution is 2.32. The summed E-state index contributed by atoms with van der Waals surface area (Å²) in [4.78, 5) is 49.4. The van der Waals surface area contributed by atoms with E-state index in [0.717, 1.165) is 4.90 Å². The molecule has 1 atom stereocenters. The predicted molar refractivity (Wildman–Crippen MR) is 82.8 cm³/mol. The van der Waals surface area contributed by atoms with Crippen molar-refractivity contribution >= 4 is 23.6 Å². The number of carbonyl (C=O) groups excluding carboxylic acids is 4. The van der Waals surface area contributed by atoms with Crippen molar-refractivity contribution in [2.24, 2.45) is 0 Å². The molecule has 2 fully saturated rings. The molecule has 8 nitrogen and oxygen atoms in total. The molecule has 0 aromatic heterocycles. The van der Waals surface area contributed by atoms with Crippen LogP contribution in [0.3, 0.4) is 0 Å². The van der Waals surface area contributed by atoms with E-state index in [1.165, 1.54) is 12.1 Å². The maximum atomic E-state index is 12.7. The Morgan fingerprint density at radius 2 is 1.80 bits per heavy atom. The van der Waals surface area contributed by atoms with Gasteiger partial charge in [0.25, 0.3) is 11.8 Å². The van der Waals surface area contributed by atoms with Crippen molar-refractivity contribution in [2.45, 2.75) is 43.9 Å². The molecule has 4 rings (SSSR count). The van der Waals surface area contributed by atoms with Crippen LogP contribution in [-0.2, 0) is 9.59 Å². The van der Waals surface area contributed by atoms with E-state index in [4.69, 9.17) is 4.74 Å². The van der Waals surface area contributed by atoms with Crippen molar-refractivity contribution in [1.82, 2.24) is 10.2 Å². The first kappa shape index (κ1) is 15.8. The van der Waals surface area contributed by atoms with Gasteiger partial charge in [-0.15, -0.1) is 0 Å². The SMILES string of the molecule is O=C1CCC(N2C(=O)c3ccc(OC4CC(O)C4)cc3C2=O)C(=O)N1. The van der Waals surface area contributed by atoms with Crippen LogP contribution in [0.15, 0.2) is 18.2 Å². The number of ether oxygens (including phenoxy) is 1. The third kappa shape index (κ3) is 2.58. The standard InChI is InChI=1S/C17H16N2O6/c20-8-5-10(6-8)25-9-1-2-11-12(7-9)17(24)19(16(11)23)13-3-4-14(21)18-15(13)22/h1-2,7-8,10,13,20H,3-6H2,(H,18,21,22). The Labute approximate surface area is 142 Å². The van der Waals surface area contributed by atoms with Crippen molar-refractivity contribution in [3.63, 3.8) is 0 Å². The summed E-state index contributed by atoms with van der Waals surface area (Å²) in [6.07, 6.45) is 0.817. The number of aliphatic hydroxyl groups excluding tert-OH is 1. The molecule has 2 N–H and O–H groups in total. The molecular weight excluding hydrogens is 328 g/mol. The van der Waals surface area contributed by atoms with E-state index in [0.29, 0.717) is 18.6 Å². The van der Waals surface area contributed by atoms with Crippen LogP contribution in [0.2, 0.25) is 0 Å². The third-order valence-electron chi connectivity index (χ3n) is 4.78. The number of amides is 4. The van der Waals surface area contributed by atoms with Gasteiger partial charge in [0, 0.05) is 19.3 Å². The molecule has 8 heteroatoms. The molecule has 1 aromatic rings. The van der Waals surface area contributed by atoms with Crippen LogP contribution in [0.5, 0.6) is 5.75 Å². The van der Waals surface area contributed by atoms with Gasteiger partial charge < -0.3 is 9.84 Å². The molecule has 1 aliphatic carbocycles. The van der Waals surface area contributed by atoms with Gasteiger partial charge in [-0.3, -0.25) is 29.4 Å². The van der Waals surface area contributed by atoms with Crippen molar-refractivity contribution in [2.75, 3.05) is 0 Å². The monoisotopic (exact) mass is 344 g/mol. The molecule has 0 bridgehead atoms. The number of hydrogen-bond acceptors (Lipinski definition) is 6. The largest absolute Gasteiger partial charge is 0.490 e. The van der Waals surface area contributed by atoms with Crippen LogP contribution in [0.4, 0.5) is 0 Å². The minimum atomic E-state index is -0.976. The minimum absolute atomic E-state index is 0.0855. The van der Waals surface area contributed by atoms with E-state index in [-0.39, 0.29) is 36.2 Å². The second-order valence-corrected chi connectivity index (χ2v) is 6.52. The smallest absolute Gasteiger partial charge is 0.262 e. The van der Waals surface area contributed by atoms with E-state index in [2.05, 4.69) is 5.32 Å². The zero-order valence-electron chi connectivity index (χ0n) is 13.2. The molecular formula is C17H16N2O6. The summed E-state index contributed by atoms with van der Waals surface area (Å²) in [6.45, 7) is 0. The average Bonchev–Trinajstić information content (AvgIpc) is 2.78. The van der Waals surface area contributed by atoms with Crippen LogP contribution >= 0.6 is 0 Å². The molecule has 0 radical (unpaired) electrons. The van der Waals surface area contributed by atoms with Gasteiger partial charge in [-0.05, 0) is 24.6 Å². The number of benzene rings is 1. The Morgan fingerprint density at radius 1 is 1.08 bits per heavy atom. The Balaban J connectivity index is 1.57. The lowest BCUT2D eigenvalue weighted by atomic mass is 9.92. The zero-order chi connectivity index (χ0) is 17.7. The summed E-state index contributed by atoms with van der Waals surface area (Å²) >= 11 is 0. The molecule has 2 heterocycles. The lowest BCUT2D eigenvalue weighted by Crippen LogP contribution is -2.54. The number of hydrogen-bond donors (Lipinski definition) is 2. The predicted octanol–water partition coefficient (Wildman–Crippen LogP) is -0.0101. The van der Waals surface area contributed by atoms with E-state index < -0.39 is 29.7 Å². The summed E-state index contributed by atoms with van der Waals surface area (Å²) in [5.74, 6) is -1.70. The van der Waals surface area contributed by atoms with Gasteiger partial charge in [-0.25, -0.2) is 0 Å². The lowest BCUT2D eigenvalue weighted by molar-refractivity contribution is -0.136. The fourth-order valence-corrected chi connectivity index (χ4v) is 3.35. The molecule has 1 saturated carbocycles. The van der Waals surface area contributed by atoms with Crippen molar-refractivity contribution in [3.05, 3.63) is 29.3 Å². The number of rotatable bonds is 3. The highest BCUT2D eigenvalue weighted by atomic mass is 16.5. The van der Waals surface area contributed by atoms with Crippen molar-refractivity contribution < 1.29 is 29.0 Å². The fraction of sp³-hybridized carbons (Fsp3) is 0.412. The summed E-state index contributed by atoms with van der Waals surface area (Å²) in [7, 11) is 0. The van der Waals surface area contributed by atoms with Gasteiger partial charge in [0.05, 0.1) is 17.2 Å². The Hall–Kier alpha value is -2.74. The van der Waals surface area contributed by atoms with Gasteiger partial charge >= 0.3 is 0 Å². The molecule has 130 valence electrons. The van der Waals surface area contributed by atoms with Crippen LogP contribution in [0.25, 0.3) is 0 Å². The second kappa shape index (κ2) is 5.66.